The van der Waals surface area contributed by atoms with Gasteiger partial charge in [0.25, 0.3) is 0 Å². The van der Waals surface area contributed by atoms with Crippen LogP contribution in [0.3, 0.4) is 0 Å². The molecule has 0 amide bonds. The molecule has 0 atom stereocenters. The van der Waals surface area contributed by atoms with Crippen molar-refractivity contribution in [3.05, 3.63) is 41.7 Å². The second-order valence-corrected chi connectivity index (χ2v) is 12.3. The Hall–Kier alpha value is -2.14. The fourth-order valence-corrected chi connectivity index (χ4v) is 4.57. The first-order chi connectivity index (χ1) is 17.8. The summed E-state index contributed by atoms with van der Waals surface area (Å²) in [7, 11) is 7.59. The molecule has 1 aliphatic rings. The summed E-state index contributed by atoms with van der Waals surface area (Å²) in [6, 6.07) is 7.95. The highest BCUT2D eigenvalue weighted by atomic mass is 32.2. The Balaban J connectivity index is 0.000000320. The van der Waals surface area contributed by atoms with E-state index in [0.717, 1.165) is 27.9 Å². The molecule has 0 spiro atoms. The van der Waals surface area contributed by atoms with Gasteiger partial charge in [-0.1, -0.05) is 46.1 Å². The predicted octanol–water partition coefficient (Wildman–Crippen LogP) is 7.86. The van der Waals surface area contributed by atoms with Crippen LogP contribution in [0.4, 0.5) is 20.4 Å². The van der Waals surface area contributed by atoms with Crippen LogP contribution in [0.1, 0.15) is 70.6 Å². The Kier molecular flexibility index (Phi) is 12.1. The van der Waals surface area contributed by atoms with E-state index in [-0.39, 0.29) is 12.4 Å². The number of anilines is 1. The average molecular weight is 561 g/mol. The molecule has 0 unspecified atom stereocenters. The highest BCUT2D eigenvalue weighted by Gasteiger charge is 2.21. The minimum atomic E-state index is -2.12. The number of aryl methyl sites for hydroxylation is 1. The quantitative estimate of drug-likeness (QED) is 0.129. The zero-order valence-corrected chi connectivity index (χ0v) is 24.7. The fourth-order valence-electron chi connectivity index (χ4n) is 4.27. The minimum absolute atomic E-state index is 0.0278. The second kappa shape index (κ2) is 14.3. The van der Waals surface area contributed by atoms with Crippen LogP contribution in [0, 0.1) is 12.3 Å². The highest BCUT2D eigenvalue weighted by Crippen LogP contribution is 2.35. The topological polar surface area (TPSA) is 80.9 Å². The molecule has 2 heterocycles. The molecule has 0 aliphatic heterocycles. The van der Waals surface area contributed by atoms with Crippen LogP contribution in [0.2, 0.25) is 0 Å². The number of nitrogens with two attached hydrogens (primary N) is 1. The van der Waals surface area contributed by atoms with Crippen molar-refractivity contribution in [1.29, 1.82) is 0 Å². The summed E-state index contributed by atoms with van der Waals surface area (Å²) in [6.45, 7) is 8.20. The van der Waals surface area contributed by atoms with E-state index in [1.165, 1.54) is 39.0 Å². The van der Waals surface area contributed by atoms with Gasteiger partial charge < -0.3 is 5.73 Å². The molecule has 0 saturated heterocycles. The van der Waals surface area contributed by atoms with Crippen LogP contribution in [0.15, 0.2) is 40.7 Å². The number of rotatable bonds is 5. The molecule has 0 bridgehead atoms. The van der Waals surface area contributed by atoms with Crippen LogP contribution >= 0.6 is 25.3 Å². The number of thiol groups is 2. The molecule has 1 aromatic carbocycles. The molecule has 2 radical (unpaired) electrons. The summed E-state index contributed by atoms with van der Waals surface area (Å²) < 4.78 is 22.2. The fraction of sp³-hybridized carbons (Fsp3) is 0.556. The van der Waals surface area contributed by atoms with Gasteiger partial charge >= 0.3 is 0 Å². The Labute approximate surface area is 237 Å². The SMILES string of the molecule is CC1(C)CCCCC1.CCC(F)F.[B]C(S)(S)Cc1nc(N)nn2ccc(-c3ccc(N=NC)c(C)c3)c12. The van der Waals surface area contributed by atoms with Crippen LogP contribution in [0.25, 0.3) is 16.6 Å². The normalized spacial score (nSPS) is 15.2. The summed E-state index contributed by atoms with van der Waals surface area (Å²) in [5, 5.41) is 12.2. The minimum Gasteiger partial charge on any atom is -0.367 e. The van der Waals surface area contributed by atoms with Crippen molar-refractivity contribution in [2.45, 2.75) is 83.0 Å². The lowest BCUT2D eigenvalue weighted by Gasteiger charge is -2.28. The number of azo groups is 1. The largest absolute Gasteiger partial charge is 0.367 e. The maximum Gasteiger partial charge on any atom is 0.238 e. The van der Waals surface area contributed by atoms with Crippen LogP contribution in [-0.2, 0) is 6.42 Å². The van der Waals surface area contributed by atoms with Crippen molar-refractivity contribution in [3.8, 4) is 11.1 Å². The molecule has 2 N–H and O–H groups in total. The zero-order valence-electron chi connectivity index (χ0n) is 23.0. The summed E-state index contributed by atoms with van der Waals surface area (Å²) in [5.41, 5.74) is 11.9. The highest BCUT2D eigenvalue weighted by molar-refractivity contribution is 8.02. The Morgan fingerprint density at radius 2 is 1.82 bits per heavy atom. The van der Waals surface area contributed by atoms with E-state index in [1.807, 2.05) is 31.3 Å². The van der Waals surface area contributed by atoms with Crippen molar-refractivity contribution in [1.82, 2.24) is 14.6 Å². The lowest BCUT2D eigenvalue weighted by molar-refractivity contribution is 0.144. The molecule has 3 aromatic rings. The number of hydrogen-bond acceptors (Lipinski definition) is 7. The van der Waals surface area contributed by atoms with E-state index in [0.29, 0.717) is 17.5 Å². The first kappa shape index (κ1) is 32.1. The summed E-state index contributed by atoms with van der Waals surface area (Å²) in [5.74, 6) is 0.172. The van der Waals surface area contributed by atoms with Crippen LogP contribution in [0.5, 0.6) is 0 Å². The van der Waals surface area contributed by atoms with Gasteiger partial charge in [0, 0.05) is 35.6 Å². The molecule has 38 heavy (non-hydrogen) atoms. The Morgan fingerprint density at radius 3 is 2.29 bits per heavy atom. The van der Waals surface area contributed by atoms with Gasteiger partial charge in [0.05, 0.1) is 16.9 Å². The number of aromatic nitrogens is 3. The number of alkyl halides is 2. The molecular formula is C27H39BF2N6S2. The van der Waals surface area contributed by atoms with E-state index >= 15 is 0 Å². The first-order valence-corrected chi connectivity index (χ1v) is 13.7. The van der Waals surface area contributed by atoms with Gasteiger partial charge in [0.15, 0.2) is 0 Å². The van der Waals surface area contributed by atoms with Crippen LogP contribution in [-0.4, -0.2) is 39.9 Å². The van der Waals surface area contributed by atoms with E-state index < -0.39 is 10.4 Å². The molecular weight excluding hydrogens is 521 g/mol. The van der Waals surface area contributed by atoms with Gasteiger partial charge in [-0.25, -0.2) is 18.3 Å². The van der Waals surface area contributed by atoms with Gasteiger partial charge in [-0.05, 0) is 54.5 Å². The third-order valence-electron chi connectivity index (χ3n) is 6.26. The molecule has 11 heteroatoms. The Bertz CT molecular complexity index is 1200. The third-order valence-corrected chi connectivity index (χ3v) is 6.57. The van der Waals surface area contributed by atoms with Crippen molar-refractivity contribution in [3.63, 3.8) is 0 Å². The van der Waals surface area contributed by atoms with E-state index in [9.17, 15) is 8.78 Å². The number of fused-ring (bicyclic) bond motifs is 1. The van der Waals surface area contributed by atoms with Gasteiger partial charge in [-0.15, -0.1) is 5.10 Å². The summed E-state index contributed by atoms with van der Waals surface area (Å²) >= 11 is 8.58. The van der Waals surface area contributed by atoms with Crippen molar-refractivity contribution in [2.24, 2.45) is 15.6 Å². The van der Waals surface area contributed by atoms with Crippen molar-refractivity contribution >= 4 is 50.3 Å². The molecule has 2 aromatic heterocycles. The molecule has 4 rings (SSSR count). The smallest absolute Gasteiger partial charge is 0.238 e. The van der Waals surface area contributed by atoms with Crippen LogP contribution < -0.4 is 5.73 Å². The zero-order chi connectivity index (χ0) is 28.5. The maximum absolute atomic E-state index is 10.8. The van der Waals surface area contributed by atoms with E-state index in [4.69, 9.17) is 13.6 Å². The van der Waals surface area contributed by atoms with Crippen molar-refractivity contribution in [2.75, 3.05) is 12.8 Å². The lowest BCUT2D eigenvalue weighted by atomic mass is 9.78. The number of nitrogens with zero attached hydrogens (tertiary/aromatic N) is 5. The van der Waals surface area contributed by atoms with Gasteiger partial charge in [-0.2, -0.15) is 35.5 Å². The van der Waals surface area contributed by atoms with Gasteiger partial charge in [-0.3, -0.25) is 0 Å². The third kappa shape index (κ3) is 10.2. The second-order valence-electron chi connectivity index (χ2n) is 10.3. The predicted molar refractivity (Wildman–Crippen MR) is 161 cm³/mol. The Morgan fingerprint density at radius 1 is 1.18 bits per heavy atom. The average Bonchev–Trinajstić information content (AvgIpc) is 3.24. The summed E-state index contributed by atoms with van der Waals surface area (Å²) in [4.78, 5) is 4.35. The number of halogens is 2. The summed E-state index contributed by atoms with van der Waals surface area (Å²) in [6.07, 6.45) is 7.34. The van der Waals surface area contributed by atoms with Gasteiger partial charge in [0.2, 0.25) is 12.4 Å². The van der Waals surface area contributed by atoms with Gasteiger partial charge in [0.1, 0.15) is 7.85 Å². The van der Waals surface area contributed by atoms with Crippen molar-refractivity contribution < 1.29 is 8.78 Å². The standard InChI is InChI=1S/C16H17BN6S2.C8H16.C3H6F2/c1-9-7-10(3-4-12(9)21-19-2)11-5-6-23-14(11)13(8-16(17,24)25)20-15(18)22-23;1-8(2)6-4-3-5-7-8;1-2-3(4)5/h3-7,24-25H,8H2,1-2H3,(H2,18,22);3-7H2,1-2H3;3H,2H2,1H3. The number of nitrogen functional groups attached to an aromatic ring is 1. The molecule has 1 saturated carbocycles. The first-order valence-electron chi connectivity index (χ1n) is 12.8. The van der Waals surface area contributed by atoms with E-state index in [2.05, 4.69) is 65.5 Å². The van der Waals surface area contributed by atoms with E-state index in [1.54, 1.807) is 11.6 Å². The number of hydrogen-bond donors (Lipinski definition) is 3. The molecule has 206 valence electrons. The number of benzene rings is 1. The monoisotopic (exact) mass is 560 g/mol. The molecule has 1 fully saturated rings. The molecule has 6 nitrogen and oxygen atoms in total. The maximum atomic E-state index is 10.8. The molecule has 1 aliphatic carbocycles. The lowest BCUT2D eigenvalue weighted by Crippen LogP contribution is -2.19.